The highest BCUT2D eigenvalue weighted by Crippen LogP contribution is 2.38. The number of thiophene rings is 1. The summed E-state index contributed by atoms with van der Waals surface area (Å²) in [6, 6.07) is 8.17. The van der Waals surface area contributed by atoms with Crippen LogP contribution in [0, 0.1) is 6.92 Å². The topological polar surface area (TPSA) is 46.3 Å². The quantitative estimate of drug-likeness (QED) is 0.942. The third-order valence-electron chi connectivity index (χ3n) is 3.92. The van der Waals surface area contributed by atoms with Crippen LogP contribution >= 0.6 is 11.3 Å². The van der Waals surface area contributed by atoms with Crippen molar-refractivity contribution in [2.45, 2.75) is 19.3 Å². The summed E-state index contributed by atoms with van der Waals surface area (Å²) in [7, 11) is 0. The molecule has 1 unspecified atom stereocenters. The maximum absolute atomic E-state index is 12.7. The third-order valence-corrected chi connectivity index (χ3v) is 4.78. The van der Waals surface area contributed by atoms with Gasteiger partial charge in [0.25, 0.3) is 5.91 Å². The van der Waals surface area contributed by atoms with Crippen LogP contribution in [0.25, 0.3) is 0 Å². The summed E-state index contributed by atoms with van der Waals surface area (Å²) in [5.74, 6) is 0.467. The first-order valence-corrected chi connectivity index (χ1v) is 7.80. The summed E-state index contributed by atoms with van der Waals surface area (Å²) in [5.41, 5.74) is 9.87. The van der Waals surface area contributed by atoms with Crippen molar-refractivity contribution in [1.82, 2.24) is 0 Å². The lowest BCUT2D eigenvalue weighted by molar-refractivity contribution is 0.0988. The molecule has 0 saturated heterocycles. The lowest BCUT2D eigenvalue weighted by Crippen LogP contribution is -2.30. The van der Waals surface area contributed by atoms with Gasteiger partial charge in [-0.1, -0.05) is 18.2 Å². The van der Waals surface area contributed by atoms with E-state index in [1.165, 1.54) is 5.56 Å². The van der Waals surface area contributed by atoms with Gasteiger partial charge in [0.1, 0.15) is 0 Å². The lowest BCUT2D eigenvalue weighted by Gasteiger charge is -2.17. The van der Waals surface area contributed by atoms with Crippen molar-refractivity contribution in [1.29, 1.82) is 0 Å². The highest BCUT2D eigenvalue weighted by molar-refractivity contribution is 7.08. The van der Waals surface area contributed by atoms with Gasteiger partial charge in [0, 0.05) is 23.5 Å². The van der Waals surface area contributed by atoms with Gasteiger partial charge in [-0.2, -0.15) is 11.3 Å². The molecule has 0 saturated carbocycles. The predicted molar refractivity (Wildman–Crippen MR) is 83.6 cm³/mol. The molecule has 1 atom stereocenters. The molecular formula is C16H18N2OS. The van der Waals surface area contributed by atoms with Gasteiger partial charge >= 0.3 is 0 Å². The summed E-state index contributed by atoms with van der Waals surface area (Å²) in [5, 5.41) is 3.96. The fraction of sp³-hybridized carbons (Fsp3) is 0.312. The standard InChI is InChI=1S/C16H18N2OS/c1-11-9-20-10-14(11)16(19)18-8-12(6-7-17)13-4-2-3-5-15(13)18/h2-5,9-10,12H,6-8,17H2,1H3. The second kappa shape index (κ2) is 5.38. The van der Waals surface area contributed by atoms with Crippen LogP contribution in [0.5, 0.6) is 0 Å². The number of hydrogen-bond donors (Lipinski definition) is 1. The Morgan fingerprint density at radius 2 is 2.20 bits per heavy atom. The summed E-state index contributed by atoms with van der Waals surface area (Å²) in [6.07, 6.45) is 0.920. The van der Waals surface area contributed by atoms with Gasteiger partial charge in [-0.25, -0.2) is 0 Å². The Balaban J connectivity index is 1.96. The first kappa shape index (κ1) is 13.3. The monoisotopic (exact) mass is 286 g/mol. The zero-order valence-electron chi connectivity index (χ0n) is 11.5. The molecule has 2 N–H and O–H groups in total. The maximum atomic E-state index is 12.7. The minimum Gasteiger partial charge on any atom is -0.330 e. The summed E-state index contributed by atoms with van der Waals surface area (Å²) >= 11 is 1.58. The van der Waals surface area contributed by atoms with Gasteiger partial charge in [0.15, 0.2) is 0 Å². The van der Waals surface area contributed by atoms with E-state index in [2.05, 4.69) is 6.07 Å². The number of fused-ring (bicyclic) bond motifs is 1. The number of hydrogen-bond acceptors (Lipinski definition) is 3. The molecule has 104 valence electrons. The van der Waals surface area contributed by atoms with Crippen molar-refractivity contribution in [3.63, 3.8) is 0 Å². The molecule has 1 aromatic heterocycles. The molecule has 0 bridgehead atoms. The summed E-state index contributed by atoms with van der Waals surface area (Å²) < 4.78 is 0. The zero-order valence-corrected chi connectivity index (χ0v) is 12.3. The number of amides is 1. The average Bonchev–Trinajstić information content (AvgIpc) is 3.03. The van der Waals surface area contributed by atoms with E-state index in [1.54, 1.807) is 11.3 Å². The van der Waals surface area contributed by atoms with Crippen LogP contribution < -0.4 is 10.6 Å². The predicted octanol–water partition coefficient (Wildman–Crippen LogP) is 3.15. The van der Waals surface area contributed by atoms with E-state index in [0.29, 0.717) is 12.5 Å². The maximum Gasteiger partial charge on any atom is 0.259 e. The molecule has 1 aliphatic heterocycles. The molecule has 2 aromatic rings. The van der Waals surface area contributed by atoms with E-state index in [9.17, 15) is 4.79 Å². The van der Waals surface area contributed by atoms with Crippen molar-refractivity contribution in [3.8, 4) is 0 Å². The smallest absolute Gasteiger partial charge is 0.259 e. The van der Waals surface area contributed by atoms with Crippen molar-refractivity contribution in [2.75, 3.05) is 18.0 Å². The van der Waals surface area contributed by atoms with Crippen molar-refractivity contribution in [3.05, 3.63) is 51.7 Å². The van der Waals surface area contributed by atoms with Crippen molar-refractivity contribution < 1.29 is 4.79 Å². The normalized spacial score (nSPS) is 17.3. The van der Waals surface area contributed by atoms with E-state index in [4.69, 9.17) is 5.73 Å². The molecule has 1 amide bonds. The molecule has 4 heteroatoms. The largest absolute Gasteiger partial charge is 0.330 e. The molecule has 2 heterocycles. The fourth-order valence-corrected chi connectivity index (χ4v) is 3.68. The van der Waals surface area contributed by atoms with Gasteiger partial charge in [0.2, 0.25) is 0 Å². The van der Waals surface area contributed by atoms with E-state index in [1.807, 2.05) is 40.8 Å². The van der Waals surface area contributed by atoms with E-state index in [0.717, 1.165) is 29.8 Å². The molecule has 1 aromatic carbocycles. The Morgan fingerprint density at radius 3 is 2.90 bits per heavy atom. The van der Waals surface area contributed by atoms with Crippen molar-refractivity contribution >= 4 is 22.9 Å². The molecule has 0 radical (unpaired) electrons. The molecule has 0 aliphatic carbocycles. The van der Waals surface area contributed by atoms with E-state index >= 15 is 0 Å². The van der Waals surface area contributed by atoms with E-state index in [-0.39, 0.29) is 5.91 Å². The molecular weight excluding hydrogens is 268 g/mol. The van der Waals surface area contributed by atoms with Gasteiger partial charge in [-0.05, 0) is 42.5 Å². The molecule has 3 nitrogen and oxygen atoms in total. The second-order valence-electron chi connectivity index (χ2n) is 5.22. The number of para-hydroxylation sites is 1. The van der Waals surface area contributed by atoms with Crippen LogP contribution in [-0.4, -0.2) is 19.0 Å². The first-order valence-electron chi connectivity index (χ1n) is 6.86. The zero-order chi connectivity index (χ0) is 14.1. The van der Waals surface area contributed by atoms with Crippen LogP contribution in [0.4, 0.5) is 5.69 Å². The fourth-order valence-electron chi connectivity index (χ4n) is 2.86. The van der Waals surface area contributed by atoms with Crippen molar-refractivity contribution in [2.24, 2.45) is 5.73 Å². The Morgan fingerprint density at radius 1 is 1.40 bits per heavy atom. The molecule has 0 fully saturated rings. The number of benzene rings is 1. The number of nitrogens with two attached hydrogens (primary N) is 1. The van der Waals surface area contributed by atoms with Crippen LogP contribution in [0.2, 0.25) is 0 Å². The van der Waals surface area contributed by atoms with Crippen LogP contribution in [0.1, 0.15) is 33.8 Å². The minimum absolute atomic E-state index is 0.107. The van der Waals surface area contributed by atoms with Crippen LogP contribution in [0.15, 0.2) is 35.0 Å². The molecule has 1 aliphatic rings. The number of aryl methyl sites for hydroxylation is 1. The lowest BCUT2D eigenvalue weighted by atomic mass is 9.98. The summed E-state index contributed by atoms with van der Waals surface area (Å²) in [6.45, 7) is 3.38. The van der Waals surface area contributed by atoms with Gasteiger partial charge < -0.3 is 10.6 Å². The Labute approximate surface area is 123 Å². The van der Waals surface area contributed by atoms with Crippen LogP contribution in [-0.2, 0) is 0 Å². The number of carbonyl (C=O) groups excluding carboxylic acids is 1. The van der Waals surface area contributed by atoms with E-state index < -0.39 is 0 Å². The van der Waals surface area contributed by atoms with Crippen LogP contribution in [0.3, 0.4) is 0 Å². The SMILES string of the molecule is Cc1cscc1C(=O)N1CC(CCN)c2ccccc21. The average molecular weight is 286 g/mol. The van der Waals surface area contributed by atoms with Gasteiger partial charge in [-0.3, -0.25) is 4.79 Å². The third kappa shape index (κ3) is 2.15. The Kier molecular flexibility index (Phi) is 3.59. The number of anilines is 1. The molecule has 3 rings (SSSR count). The van der Waals surface area contributed by atoms with Gasteiger partial charge in [0.05, 0.1) is 5.56 Å². The van der Waals surface area contributed by atoms with Gasteiger partial charge in [-0.15, -0.1) is 0 Å². The highest BCUT2D eigenvalue weighted by Gasteiger charge is 2.32. The minimum atomic E-state index is 0.107. The number of nitrogens with zero attached hydrogens (tertiary/aromatic N) is 1. The molecule has 20 heavy (non-hydrogen) atoms. The number of rotatable bonds is 3. The second-order valence-corrected chi connectivity index (χ2v) is 5.96. The Hall–Kier alpha value is -1.65. The molecule has 0 spiro atoms. The first-order chi connectivity index (χ1) is 9.72. The number of carbonyl (C=O) groups is 1. The Bertz CT molecular complexity index is 635. The summed E-state index contributed by atoms with van der Waals surface area (Å²) in [4.78, 5) is 14.7. The highest BCUT2D eigenvalue weighted by atomic mass is 32.1.